The predicted octanol–water partition coefficient (Wildman–Crippen LogP) is 4.18. The molecule has 0 aromatic heterocycles. The second-order valence-corrected chi connectivity index (χ2v) is 6.34. The first-order valence-electron chi connectivity index (χ1n) is 7.70. The van der Waals surface area contributed by atoms with Crippen LogP contribution in [0.4, 0.5) is 4.79 Å². The van der Waals surface area contributed by atoms with E-state index in [0.717, 1.165) is 5.01 Å². The number of hydrogen-bond acceptors (Lipinski definition) is 3. The maximum Gasteiger partial charge on any atom is 0.346 e. The first kappa shape index (κ1) is 17.5. The van der Waals surface area contributed by atoms with Crippen molar-refractivity contribution in [3.8, 4) is 0 Å². The minimum Gasteiger partial charge on any atom is -0.318 e. The Labute approximate surface area is 155 Å². The molecule has 1 heterocycles. The summed E-state index contributed by atoms with van der Waals surface area (Å²) in [5.41, 5.74) is 0.117. The summed E-state index contributed by atoms with van der Waals surface area (Å²) in [6, 6.07) is 13.6. The van der Waals surface area contributed by atoms with Crippen molar-refractivity contribution in [3.05, 3.63) is 69.7 Å². The normalized spacial score (nSPS) is 20.4. The SMILES string of the molecule is CC[C@@]1(c2ccccc2)NC(=O)N(/N=C\c2cccc(Cl)c2Cl)C1=O. The monoisotopic (exact) mass is 375 g/mol. The fourth-order valence-corrected chi connectivity index (χ4v) is 3.13. The first-order chi connectivity index (χ1) is 12.0. The van der Waals surface area contributed by atoms with Crippen LogP contribution in [0.3, 0.4) is 0 Å². The van der Waals surface area contributed by atoms with Gasteiger partial charge in [0.1, 0.15) is 5.54 Å². The molecule has 3 rings (SSSR count). The third-order valence-electron chi connectivity index (χ3n) is 4.16. The molecule has 0 spiro atoms. The Balaban J connectivity index is 1.94. The van der Waals surface area contributed by atoms with E-state index in [1.807, 2.05) is 37.3 Å². The third-order valence-corrected chi connectivity index (χ3v) is 4.99. The number of benzene rings is 2. The quantitative estimate of drug-likeness (QED) is 0.643. The van der Waals surface area contributed by atoms with Crippen molar-refractivity contribution in [3.63, 3.8) is 0 Å². The van der Waals surface area contributed by atoms with Gasteiger partial charge in [0.2, 0.25) is 0 Å². The molecule has 5 nitrogen and oxygen atoms in total. The minimum atomic E-state index is -1.12. The van der Waals surface area contributed by atoms with Crippen LogP contribution >= 0.6 is 23.2 Å². The number of carbonyl (C=O) groups excluding carboxylic acids is 2. The number of carbonyl (C=O) groups is 2. The summed E-state index contributed by atoms with van der Waals surface area (Å²) in [5.74, 6) is -0.430. The zero-order valence-electron chi connectivity index (χ0n) is 13.4. The Morgan fingerprint density at radius 1 is 1.12 bits per heavy atom. The van der Waals surface area contributed by atoms with Crippen LogP contribution in [0.5, 0.6) is 0 Å². The highest BCUT2D eigenvalue weighted by Crippen LogP contribution is 2.32. The molecule has 2 aromatic carbocycles. The maximum atomic E-state index is 12.9. The van der Waals surface area contributed by atoms with E-state index in [9.17, 15) is 9.59 Å². The van der Waals surface area contributed by atoms with Crippen LogP contribution in [0.25, 0.3) is 0 Å². The molecule has 0 radical (unpaired) electrons. The van der Waals surface area contributed by atoms with Gasteiger partial charge in [-0.1, -0.05) is 72.6 Å². The van der Waals surface area contributed by atoms with E-state index < -0.39 is 17.5 Å². The Hall–Kier alpha value is -2.37. The molecular weight excluding hydrogens is 361 g/mol. The standard InChI is InChI=1S/C18H15Cl2N3O2/c1-2-18(13-8-4-3-5-9-13)16(24)23(17(25)22-18)21-11-12-7-6-10-14(19)15(12)20/h3-11H,2H2,1H3,(H,22,25)/b21-11-/t18-/m0/s1. The Morgan fingerprint density at radius 2 is 1.84 bits per heavy atom. The lowest BCUT2D eigenvalue weighted by Crippen LogP contribution is -2.43. The van der Waals surface area contributed by atoms with Crippen LogP contribution in [0, 0.1) is 0 Å². The van der Waals surface area contributed by atoms with Gasteiger partial charge >= 0.3 is 6.03 Å². The first-order valence-corrected chi connectivity index (χ1v) is 8.45. The number of halogens is 2. The van der Waals surface area contributed by atoms with Crippen LogP contribution < -0.4 is 5.32 Å². The number of rotatable bonds is 4. The number of imide groups is 1. The molecule has 128 valence electrons. The van der Waals surface area contributed by atoms with Gasteiger partial charge in [-0.05, 0) is 18.1 Å². The van der Waals surface area contributed by atoms with Crippen molar-refractivity contribution in [2.45, 2.75) is 18.9 Å². The molecule has 0 saturated carbocycles. The summed E-state index contributed by atoms with van der Waals surface area (Å²) in [5, 5.41) is 8.30. The van der Waals surface area contributed by atoms with Gasteiger partial charge in [-0.2, -0.15) is 5.10 Å². The number of amides is 3. The maximum absolute atomic E-state index is 12.9. The number of nitrogens with one attached hydrogen (secondary N) is 1. The summed E-state index contributed by atoms with van der Waals surface area (Å²) in [6.07, 6.45) is 1.76. The van der Waals surface area contributed by atoms with Crippen molar-refractivity contribution >= 4 is 41.4 Å². The molecule has 25 heavy (non-hydrogen) atoms. The largest absolute Gasteiger partial charge is 0.346 e. The second-order valence-electron chi connectivity index (χ2n) is 5.56. The molecule has 0 aliphatic carbocycles. The Kier molecular flexibility index (Phi) is 4.79. The lowest BCUT2D eigenvalue weighted by Gasteiger charge is -2.24. The van der Waals surface area contributed by atoms with Gasteiger partial charge in [0.25, 0.3) is 5.91 Å². The minimum absolute atomic E-state index is 0.310. The van der Waals surface area contributed by atoms with Gasteiger partial charge in [-0.15, -0.1) is 5.01 Å². The number of hydrogen-bond donors (Lipinski definition) is 1. The van der Waals surface area contributed by atoms with Crippen molar-refractivity contribution in [1.82, 2.24) is 10.3 Å². The van der Waals surface area contributed by atoms with E-state index in [2.05, 4.69) is 10.4 Å². The van der Waals surface area contributed by atoms with Crippen LogP contribution in [0.15, 0.2) is 53.6 Å². The molecule has 1 fully saturated rings. The van der Waals surface area contributed by atoms with E-state index in [-0.39, 0.29) is 0 Å². The van der Waals surface area contributed by atoms with Gasteiger partial charge in [0, 0.05) is 5.56 Å². The van der Waals surface area contributed by atoms with E-state index in [4.69, 9.17) is 23.2 Å². The molecule has 1 aliphatic rings. The van der Waals surface area contributed by atoms with E-state index in [1.54, 1.807) is 18.2 Å². The highest BCUT2D eigenvalue weighted by molar-refractivity contribution is 6.43. The lowest BCUT2D eigenvalue weighted by atomic mass is 9.87. The topological polar surface area (TPSA) is 61.8 Å². The van der Waals surface area contributed by atoms with Gasteiger partial charge in [-0.25, -0.2) is 4.79 Å². The summed E-state index contributed by atoms with van der Waals surface area (Å²) in [6.45, 7) is 1.84. The molecule has 1 aliphatic heterocycles. The molecule has 1 atom stereocenters. The zero-order valence-corrected chi connectivity index (χ0v) is 14.9. The molecule has 0 unspecified atom stereocenters. The highest BCUT2D eigenvalue weighted by atomic mass is 35.5. The van der Waals surface area contributed by atoms with E-state index in [1.165, 1.54) is 6.21 Å². The lowest BCUT2D eigenvalue weighted by molar-refractivity contribution is -0.131. The molecule has 0 bridgehead atoms. The van der Waals surface area contributed by atoms with Gasteiger partial charge < -0.3 is 5.32 Å². The number of urea groups is 1. The van der Waals surface area contributed by atoms with Crippen molar-refractivity contribution in [2.24, 2.45) is 5.10 Å². The van der Waals surface area contributed by atoms with Crippen molar-refractivity contribution < 1.29 is 9.59 Å². The fourth-order valence-electron chi connectivity index (χ4n) is 2.77. The van der Waals surface area contributed by atoms with Gasteiger partial charge in [0.15, 0.2) is 0 Å². The molecule has 7 heteroatoms. The highest BCUT2D eigenvalue weighted by Gasteiger charge is 2.51. The summed E-state index contributed by atoms with van der Waals surface area (Å²) in [7, 11) is 0. The average Bonchev–Trinajstić information content (AvgIpc) is 2.88. The van der Waals surface area contributed by atoms with Crippen LogP contribution in [-0.4, -0.2) is 23.2 Å². The second kappa shape index (κ2) is 6.86. The van der Waals surface area contributed by atoms with Gasteiger partial charge in [-0.3, -0.25) is 4.79 Å². The summed E-state index contributed by atoms with van der Waals surface area (Å²) >= 11 is 12.1. The molecule has 1 N–H and O–H groups in total. The number of nitrogens with zero attached hydrogens (tertiary/aromatic N) is 2. The Morgan fingerprint density at radius 3 is 2.52 bits per heavy atom. The molecule has 1 saturated heterocycles. The van der Waals surface area contributed by atoms with Crippen LogP contribution in [0.1, 0.15) is 24.5 Å². The number of hydrazone groups is 1. The van der Waals surface area contributed by atoms with E-state index in [0.29, 0.717) is 27.6 Å². The summed E-state index contributed by atoms with van der Waals surface area (Å²) < 4.78 is 0. The van der Waals surface area contributed by atoms with Crippen molar-refractivity contribution in [1.29, 1.82) is 0 Å². The molecule has 3 amide bonds. The smallest absolute Gasteiger partial charge is 0.318 e. The Bertz CT molecular complexity index is 855. The average molecular weight is 376 g/mol. The van der Waals surface area contributed by atoms with Crippen molar-refractivity contribution in [2.75, 3.05) is 0 Å². The fraction of sp³-hybridized carbons (Fsp3) is 0.167. The third kappa shape index (κ3) is 3.01. The van der Waals surface area contributed by atoms with E-state index >= 15 is 0 Å². The van der Waals surface area contributed by atoms with Crippen LogP contribution in [0.2, 0.25) is 10.0 Å². The molecule has 2 aromatic rings. The zero-order chi connectivity index (χ0) is 18.0. The van der Waals surface area contributed by atoms with Crippen LogP contribution in [-0.2, 0) is 10.3 Å². The van der Waals surface area contributed by atoms with Gasteiger partial charge in [0.05, 0.1) is 16.3 Å². The summed E-state index contributed by atoms with van der Waals surface area (Å²) in [4.78, 5) is 25.2. The predicted molar refractivity (Wildman–Crippen MR) is 97.8 cm³/mol. The molecular formula is C18H15Cl2N3O2.